The first-order chi connectivity index (χ1) is 9.42. The third-order valence-electron chi connectivity index (χ3n) is 3.14. The Morgan fingerprint density at radius 2 is 2.20 bits per heavy atom. The summed E-state index contributed by atoms with van der Waals surface area (Å²) in [5.41, 5.74) is 6.17. The second-order valence-corrected chi connectivity index (χ2v) is 6.74. The molecule has 6 nitrogen and oxygen atoms in total. The zero-order valence-corrected chi connectivity index (χ0v) is 12.3. The summed E-state index contributed by atoms with van der Waals surface area (Å²) in [7, 11) is -3.65. The van der Waals surface area contributed by atoms with E-state index in [4.69, 9.17) is 17.3 Å². The quantitative estimate of drug-likeness (QED) is 0.746. The van der Waals surface area contributed by atoms with Crippen molar-refractivity contribution in [3.63, 3.8) is 0 Å². The van der Waals surface area contributed by atoms with Crippen molar-refractivity contribution in [1.82, 2.24) is 10.0 Å². The minimum Gasteiger partial charge on any atom is -0.355 e. The number of piperidine rings is 1. The summed E-state index contributed by atoms with van der Waals surface area (Å²) >= 11 is 5.97. The zero-order chi connectivity index (χ0) is 14.8. The largest absolute Gasteiger partial charge is 0.355 e. The molecule has 0 saturated carbocycles. The van der Waals surface area contributed by atoms with Crippen molar-refractivity contribution in [2.45, 2.75) is 30.3 Å². The topological polar surface area (TPSA) is 101 Å². The molecule has 1 saturated heterocycles. The number of hydrogen-bond donors (Lipinski definition) is 3. The van der Waals surface area contributed by atoms with Crippen molar-refractivity contribution in [1.29, 1.82) is 0 Å². The number of halogens is 1. The van der Waals surface area contributed by atoms with E-state index in [1.807, 2.05) is 0 Å². The first-order valence-corrected chi connectivity index (χ1v) is 8.06. The Kier molecular flexibility index (Phi) is 4.64. The standard InChI is InChI=1S/C12H16ClN3O3S/c13-11-5-10(3-1-8(11)6-14)20(18,19)16-9-2-4-12(17)15-7-9/h1,3,5,9,16H,2,4,6-7,14H2,(H,15,17). The molecule has 1 atom stereocenters. The van der Waals surface area contributed by atoms with Crippen LogP contribution in [0, 0.1) is 0 Å². The number of benzene rings is 1. The number of nitrogens with two attached hydrogens (primary N) is 1. The Morgan fingerprint density at radius 3 is 2.75 bits per heavy atom. The zero-order valence-electron chi connectivity index (χ0n) is 10.7. The van der Waals surface area contributed by atoms with Crippen LogP contribution in [0.15, 0.2) is 23.1 Å². The highest BCUT2D eigenvalue weighted by Gasteiger charge is 2.24. The molecule has 1 fully saturated rings. The minimum atomic E-state index is -3.65. The summed E-state index contributed by atoms with van der Waals surface area (Å²) < 4.78 is 27.0. The number of sulfonamides is 1. The van der Waals surface area contributed by atoms with Gasteiger partial charge in [0.05, 0.1) is 4.90 Å². The fraction of sp³-hybridized carbons (Fsp3) is 0.417. The molecule has 1 aliphatic heterocycles. The van der Waals surface area contributed by atoms with E-state index < -0.39 is 10.0 Å². The van der Waals surface area contributed by atoms with Gasteiger partial charge in [-0.25, -0.2) is 13.1 Å². The lowest BCUT2D eigenvalue weighted by Gasteiger charge is -2.23. The highest BCUT2D eigenvalue weighted by molar-refractivity contribution is 7.89. The van der Waals surface area contributed by atoms with Gasteiger partial charge < -0.3 is 11.1 Å². The van der Waals surface area contributed by atoms with Crippen LogP contribution in [0.1, 0.15) is 18.4 Å². The number of carbonyl (C=O) groups is 1. The summed E-state index contributed by atoms with van der Waals surface area (Å²) in [6.07, 6.45) is 0.805. The Balaban J connectivity index is 2.14. The van der Waals surface area contributed by atoms with Crippen LogP contribution in [-0.4, -0.2) is 26.9 Å². The maximum absolute atomic E-state index is 12.2. The summed E-state index contributed by atoms with van der Waals surface area (Å²) in [5.74, 6) is -0.0595. The lowest BCUT2D eigenvalue weighted by Crippen LogP contribution is -2.47. The SMILES string of the molecule is NCc1ccc(S(=O)(=O)NC2CCC(=O)NC2)cc1Cl. The van der Waals surface area contributed by atoms with E-state index >= 15 is 0 Å². The Hall–Kier alpha value is -1.15. The molecule has 0 aliphatic carbocycles. The highest BCUT2D eigenvalue weighted by Crippen LogP contribution is 2.21. The van der Waals surface area contributed by atoms with Gasteiger partial charge in [-0.3, -0.25) is 4.79 Å². The smallest absolute Gasteiger partial charge is 0.240 e. The second kappa shape index (κ2) is 6.09. The second-order valence-electron chi connectivity index (χ2n) is 4.62. The molecule has 1 amide bonds. The van der Waals surface area contributed by atoms with E-state index in [0.717, 1.165) is 0 Å². The van der Waals surface area contributed by atoms with Gasteiger partial charge in [-0.1, -0.05) is 17.7 Å². The Morgan fingerprint density at radius 1 is 1.45 bits per heavy atom. The van der Waals surface area contributed by atoms with Crippen molar-refractivity contribution < 1.29 is 13.2 Å². The molecule has 110 valence electrons. The number of nitrogens with one attached hydrogen (secondary N) is 2. The van der Waals surface area contributed by atoms with Crippen molar-refractivity contribution in [2.24, 2.45) is 5.73 Å². The number of carbonyl (C=O) groups excluding carboxylic acids is 1. The molecule has 1 unspecified atom stereocenters. The number of hydrogen-bond acceptors (Lipinski definition) is 4. The average molecular weight is 318 g/mol. The van der Waals surface area contributed by atoms with Crippen LogP contribution in [-0.2, 0) is 21.4 Å². The van der Waals surface area contributed by atoms with E-state index in [1.54, 1.807) is 6.07 Å². The molecule has 0 radical (unpaired) electrons. The molecule has 2 rings (SSSR count). The van der Waals surface area contributed by atoms with Crippen molar-refractivity contribution >= 4 is 27.5 Å². The van der Waals surface area contributed by atoms with Gasteiger partial charge in [-0.15, -0.1) is 0 Å². The van der Waals surface area contributed by atoms with Gasteiger partial charge in [0.1, 0.15) is 0 Å². The van der Waals surface area contributed by atoms with Gasteiger partial charge >= 0.3 is 0 Å². The first kappa shape index (κ1) is 15.2. The molecule has 1 aromatic carbocycles. The minimum absolute atomic E-state index is 0.0595. The van der Waals surface area contributed by atoms with Crippen LogP contribution >= 0.6 is 11.6 Å². The average Bonchev–Trinajstić information content (AvgIpc) is 2.41. The molecule has 20 heavy (non-hydrogen) atoms. The van der Waals surface area contributed by atoms with Gasteiger partial charge in [0.2, 0.25) is 15.9 Å². The van der Waals surface area contributed by atoms with E-state index in [1.165, 1.54) is 12.1 Å². The number of amides is 1. The van der Waals surface area contributed by atoms with Crippen LogP contribution in [0.4, 0.5) is 0 Å². The molecule has 0 aromatic heterocycles. The maximum Gasteiger partial charge on any atom is 0.240 e. The van der Waals surface area contributed by atoms with Crippen LogP contribution in [0.5, 0.6) is 0 Å². The van der Waals surface area contributed by atoms with Crippen LogP contribution in [0.3, 0.4) is 0 Å². The highest BCUT2D eigenvalue weighted by atomic mass is 35.5. The van der Waals surface area contributed by atoms with Crippen LogP contribution in [0.2, 0.25) is 5.02 Å². The normalized spacial score (nSPS) is 19.7. The van der Waals surface area contributed by atoms with E-state index in [2.05, 4.69) is 10.0 Å². The molecule has 1 aromatic rings. The molecule has 8 heteroatoms. The molecule has 1 aliphatic rings. The van der Waals surface area contributed by atoms with E-state index in [0.29, 0.717) is 30.0 Å². The summed E-state index contributed by atoms with van der Waals surface area (Å²) in [6, 6.07) is 4.15. The summed E-state index contributed by atoms with van der Waals surface area (Å²) in [5, 5.41) is 2.95. The first-order valence-electron chi connectivity index (χ1n) is 6.20. The fourth-order valence-electron chi connectivity index (χ4n) is 1.98. The van der Waals surface area contributed by atoms with Crippen molar-refractivity contribution in [3.05, 3.63) is 28.8 Å². The van der Waals surface area contributed by atoms with Crippen molar-refractivity contribution in [3.8, 4) is 0 Å². The van der Waals surface area contributed by atoms with E-state index in [9.17, 15) is 13.2 Å². The molecule has 1 heterocycles. The molecule has 4 N–H and O–H groups in total. The molecular formula is C12H16ClN3O3S. The van der Waals surface area contributed by atoms with Gasteiger partial charge in [0, 0.05) is 30.6 Å². The van der Waals surface area contributed by atoms with Gasteiger partial charge in [-0.2, -0.15) is 0 Å². The predicted molar refractivity (Wildman–Crippen MR) is 75.7 cm³/mol. The van der Waals surface area contributed by atoms with Gasteiger partial charge in [0.15, 0.2) is 0 Å². The lowest BCUT2D eigenvalue weighted by molar-refractivity contribution is -0.122. The monoisotopic (exact) mass is 317 g/mol. The molecular weight excluding hydrogens is 302 g/mol. The Labute approximate surface area is 122 Å². The summed E-state index contributed by atoms with van der Waals surface area (Å²) in [4.78, 5) is 11.1. The third-order valence-corrected chi connectivity index (χ3v) is 5.01. The fourth-order valence-corrected chi connectivity index (χ4v) is 3.60. The maximum atomic E-state index is 12.2. The third kappa shape index (κ3) is 3.49. The van der Waals surface area contributed by atoms with Gasteiger partial charge in [-0.05, 0) is 24.1 Å². The molecule has 0 spiro atoms. The molecule has 0 bridgehead atoms. The van der Waals surface area contributed by atoms with Crippen molar-refractivity contribution in [2.75, 3.05) is 6.54 Å². The predicted octanol–water partition coefficient (Wildman–Crippen LogP) is 0.356. The van der Waals surface area contributed by atoms with Crippen LogP contribution < -0.4 is 15.8 Å². The number of rotatable bonds is 4. The summed E-state index contributed by atoms with van der Waals surface area (Å²) in [6.45, 7) is 0.550. The van der Waals surface area contributed by atoms with Crippen LogP contribution in [0.25, 0.3) is 0 Å². The van der Waals surface area contributed by atoms with Gasteiger partial charge in [0.25, 0.3) is 0 Å². The Bertz CT molecular complexity index is 608. The lowest BCUT2D eigenvalue weighted by atomic mass is 10.1. The van der Waals surface area contributed by atoms with E-state index in [-0.39, 0.29) is 23.4 Å².